The third kappa shape index (κ3) is 3.80. The number of carbonyl (C=O) groups excluding carboxylic acids is 1. The molecule has 0 heterocycles. The summed E-state index contributed by atoms with van der Waals surface area (Å²) >= 11 is 0. The summed E-state index contributed by atoms with van der Waals surface area (Å²) in [6.07, 6.45) is 4.69. The third-order valence-corrected chi connectivity index (χ3v) is 4.80. The molecule has 1 amide bonds. The Balaban J connectivity index is 2.10. The van der Waals surface area contributed by atoms with Gasteiger partial charge in [-0.1, -0.05) is 31.9 Å². The van der Waals surface area contributed by atoms with Gasteiger partial charge in [0, 0.05) is 24.4 Å². The van der Waals surface area contributed by atoms with E-state index in [0.717, 1.165) is 18.6 Å². The Morgan fingerprint density at radius 1 is 1.36 bits per heavy atom. The zero-order valence-electron chi connectivity index (χ0n) is 13.9. The van der Waals surface area contributed by atoms with Crippen molar-refractivity contribution in [3.8, 4) is 5.75 Å². The molecule has 1 saturated carbocycles. The lowest BCUT2D eigenvalue weighted by atomic mass is 9.78. The number of ether oxygens (including phenoxy) is 1. The molecule has 2 N–H and O–H groups in total. The smallest absolute Gasteiger partial charge is 0.224 e. The van der Waals surface area contributed by atoms with Crippen LogP contribution in [0.2, 0.25) is 0 Å². The first-order valence-corrected chi connectivity index (χ1v) is 8.18. The van der Waals surface area contributed by atoms with Crippen LogP contribution >= 0.6 is 0 Å². The van der Waals surface area contributed by atoms with Crippen molar-refractivity contribution in [1.82, 2.24) is 10.6 Å². The number of methoxy groups -OCH3 is 1. The molecule has 0 aromatic heterocycles. The summed E-state index contributed by atoms with van der Waals surface area (Å²) in [6.45, 7) is 3.38. The maximum atomic E-state index is 12.2. The number of benzene rings is 1. The van der Waals surface area contributed by atoms with Crippen molar-refractivity contribution in [2.24, 2.45) is 5.92 Å². The Labute approximate surface area is 133 Å². The summed E-state index contributed by atoms with van der Waals surface area (Å²) in [6, 6.07) is 8.30. The van der Waals surface area contributed by atoms with Gasteiger partial charge >= 0.3 is 0 Å². The Kier molecular flexibility index (Phi) is 5.83. The summed E-state index contributed by atoms with van der Waals surface area (Å²) in [5.74, 6) is 1.01. The van der Waals surface area contributed by atoms with E-state index in [1.165, 1.54) is 18.4 Å². The molecule has 4 heteroatoms. The highest BCUT2D eigenvalue weighted by atomic mass is 16.5. The first-order valence-electron chi connectivity index (χ1n) is 8.18. The van der Waals surface area contributed by atoms with Crippen LogP contribution in [0.5, 0.6) is 5.75 Å². The molecule has 1 aromatic rings. The molecule has 0 saturated heterocycles. The number of carbonyl (C=O) groups is 1. The fourth-order valence-corrected chi connectivity index (χ4v) is 3.40. The van der Waals surface area contributed by atoms with Crippen LogP contribution in [0.1, 0.15) is 38.2 Å². The quantitative estimate of drug-likeness (QED) is 0.813. The van der Waals surface area contributed by atoms with E-state index in [4.69, 9.17) is 4.74 Å². The first kappa shape index (κ1) is 16.8. The van der Waals surface area contributed by atoms with Crippen molar-refractivity contribution >= 4 is 5.91 Å². The van der Waals surface area contributed by atoms with E-state index in [1.54, 1.807) is 7.11 Å². The summed E-state index contributed by atoms with van der Waals surface area (Å²) in [5, 5.41) is 6.22. The Bertz CT molecular complexity index is 496. The molecule has 22 heavy (non-hydrogen) atoms. The van der Waals surface area contributed by atoms with Crippen LogP contribution in [0.25, 0.3) is 0 Å². The predicted octanol–water partition coefficient (Wildman–Crippen LogP) is 2.48. The standard InChI is InChI=1S/C18H28N2O2/c1-14(12-19-2)17(21)20-13-18(9-4-5-10-18)15-7-6-8-16(11-15)22-3/h6-8,11,14,19H,4-5,9-10,12-13H2,1-3H3,(H,20,21). The molecule has 1 aliphatic rings. The topological polar surface area (TPSA) is 50.4 Å². The minimum Gasteiger partial charge on any atom is -0.497 e. The van der Waals surface area contributed by atoms with E-state index in [0.29, 0.717) is 13.1 Å². The van der Waals surface area contributed by atoms with Crippen molar-refractivity contribution in [2.75, 3.05) is 27.2 Å². The molecule has 1 unspecified atom stereocenters. The number of rotatable bonds is 7. The van der Waals surface area contributed by atoms with Gasteiger partial charge in [-0.25, -0.2) is 0 Å². The number of nitrogens with one attached hydrogen (secondary N) is 2. The minimum atomic E-state index is -0.00578. The lowest BCUT2D eigenvalue weighted by Gasteiger charge is -2.31. The second-order valence-corrected chi connectivity index (χ2v) is 6.40. The van der Waals surface area contributed by atoms with Gasteiger partial charge in [0.15, 0.2) is 0 Å². The highest BCUT2D eigenvalue weighted by molar-refractivity contribution is 5.78. The van der Waals surface area contributed by atoms with Crippen LogP contribution in [0.15, 0.2) is 24.3 Å². The van der Waals surface area contributed by atoms with Gasteiger partial charge < -0.3 is 15.4 Å². The van der Waals surface area contributed by atoms with Gasteiger partial charge in [-0.15, -0.1) is 0 Å². The zero-order chi connectivity index (χ0) is 16.0. The molecule has 1 fully saturated rings. The van der Waals surface area contributed by atoms with Crippen molar-refractivity contribution in [3.05, 3.63) is 29.8 Å². The maximum absolute atomic E-state index is 12.2. The monoisotopic (exact) mass is 304 g/mol. The molecular formula is C18H28N2O2. The lowest BCUT2D eigenvalue weighted by molar-refractivity contribution is -0.124. The van der Waals surface area contributed by atoms with Gasteiger partial charge in [0.25, 0.3) is 0 Å². The number of amides is 1. The van der Waals surface area contributed by atoms with E-state index in [-0.39, 0.29) is 17.2 Å². The van der Waals surface area contributed by atoms with E-state index < -0.39 is 0 Å². The van der Waals surface area contributed by atoms with Gasteiger partial charge in [0.2, 0.25) is 5.91 Å². The van der Waals surface area contributed by atoms with Crippen LogP contribution in [0.3, 0.4) is 0 Å². The highest BCUT2D eigenvalue weighted by Gasteiger charge is 2.36. The largest absolute Gasteiger partial charge is 0.497 e. The van der Waals surface area contributed by atoms with Crippen LogP contribution in [-0.2, 0) is 10.2 Å². The molecule has 1 aliphatic carbocycles. The maximum Gasteiger partial charge on any atom is 0.224 e. The normalized spacial score (nSPS) is 18.0. The Hall–Kier alpha value is -1.55. The lowest BCUT2D eigenvalue weighted by Crippen LogP contribution is -2.42. The average molecular weight is 304 g/mol. The van der Waals surface area contributed by atoms with Gasteiger partial charge in [-0.05, 0) is 37.6 Å². The van der Waals surface area contributed by atoms with E-state index in [1.807, 2.05) is 26.1 Å². The highest BCUT2D eigenvalue weighted by Crippen LogP contribution is 2.41. The fraction of sp³-hybridized carbons (Fsp3) is 0.611. The second-order valence-electron chi connectivity index (χ2n) is 6.40. The SMILES string of the molecule is CNCC(C)C(=O)NCC1(c2cccc(OC)c2)CCCC1. The Morgan fingerprint density at radius 3 is 2.73 bits per heavy atom. The number of hydrogen-bond donors (Lipinski definition) is 2. The van der Waals surface area contributed by atoms with Crippen molar-refractivity contribution in [3.63, 3.8) is 0 Å². The molecule has 0 radical (unpaired) electrons. The molecule has 1 atom stereocenters. The molecule has 0 bridgehead atoms. The van der Waals surface area contributed by atoms with Gasteiger partial charge in [-0.2, -0.15) is 0 Å². The van der Waals surface area contributed by atoms with E-state index >= 15 is 0 Å². The van der Waals surface area contributed by atoms with Crippen LogP contribution in [0, 0.1) is 5.92 Å². The van der Waals surface area contributed by atoms with Gasteiger partial charge in [-0.3, -0.25) is 4.79 Å². The molecule has 4 nitrogen and oxygen atoms in total. The summed E-state index contributed by atoms with van der Waals surface area (Å²) in [5.41, 5.74) is 1.34. The summed E-state index contributed by atoms with van der Waals surface area (Å²) in [4.78, 5) is 12.2. The molecule has 2 rings (SSSR count). The van der Waals surface area contributed by atoms with Crippen molar-refractivity contribution < 1.29 is 9.53 Å². The Morgan fingerprint density at radius 2 is 2.09 bits per heavy atom. The predicted molar refractivity (Wildman–Crippen MR) is 89.2 cm³/mol. The van der Waals surface area contributed by atoms with Crippen LogP contribution in [-0.4, -0.2) is 33.2 Å². The van der Waals surface area contributed by atoms with E-state index in [9.17, 15) is 4.79 Å². The van der Waals surface area contributed by atoms with Crippen LogP contribution in [0.4, 0.5) is 0 Å². The molecule has 122 valence electrons. The average Bonchev–Trinajstić information content (AvgIpc) is 3.03. The third-order valence-electron chi connectivity index (χ3n) is 4.80. The van der Waals surface area contributed by atoms with Gasteiger partial charge in [0.1, 0.15) is 5.75 Å². The second kappa shape index (κ2) is 7.63. The minimum absolute atomic E-state index is 0.00578. The first-order chi connectivity index (χ1) is 10.6. The molecule has 0 spiro atoms. The van der Waals surface area contributed by atoms with Crippen molar-refractivity contribution in [1.29, 1.82) is 0 Å². The number of hydrogen-bond acceptors (Lipinski definition) is 3. The molecule has 0 aliphatic heterocycles. The summed E-state index contributed by atoms with van der Waals surface area (Å²) in [7, 11) is 3.57. The van der Waals surface area contributed by atoms with Gasteiger partial charge in [0.05, 0.1) is 7.11 Å². The zero-order valence-corrected chi connectivity index (χ0v) is 13.9. The van der Waals surface area contributed by atoms with Crippen LogP contribution < -0.4 is 15.4 Å². The van der Waals surface area contributed by atoms with Crippen molar-refractivity contribution in [2.45, 2.75) is 38.0 Å². The summed E-state index contributed by atoms with van der Waals surface area (Å²) < 4.78 is 5.36. The van der Waals surface area contributed by atoms with E-state index in [2.05, 4.69) is 22.8 Å². The fourth-order valence-electron chi connectivity index (χ4n) is 3.40. The molecular weight excluding hydrogens is 276 g/mol. The molecule has 1 aromatic carbocycles.